The molecule has 0 aliphatic heterocycles. The summed E-state index contributed by atoms with van der Waals surface area (Å²) in [7, 11) is 0. The zero-order valence-electron chi connectivity index (χ0n) is 17.3. The van der Waals surface area contributed by atoms with Crippen molar-refractivity contribution in [3.63, 3.8) is 0 Å². The van der Waals surface area contributed by atoms with Gasteiger partial charge in [0.05, 0.1) is 5.69 Å². The van der Waals surface area contributed by atoms with Crippen LogP contribution in [0, 0.1) is 0 Å². The fourth-order valence-electron chi connectivity index (χ4n) is 5.21. The Balaban J connectivity index is 1.33. The summed E-state index contributed by atoms with van der Waals surface area (Å²) < 4.78 is 0. The van der Waals surface area contributed by atoms with Crippen LogP contribution in [0.1, 0.15) is 47.4 Å². The maximum absolute atomic E-state index is 12.7. The van der Waals surface area contributed by atoms with E-state index in [0.29, 0.717) is 12.3 Å². The highest BCUT2D eigenvalue weighted by Gasteiger charge is 2.32. The summed E-state index contributed by atoms with van der Waals surface area (Å²) in [5, 5.41) is 0. The number of hydrogen-bond acceptors (Lipinski definition) is 2. The number of carbonyl (C=O) groups is 1. The third kappa shape index (κ3) is 3.19. The van der Waals surface area contributed by atoms with Gasteiger partial charge in [-0.3, -0.25) is 9.78 Å². The smallest absolute Gasteiger partial charge is 0.162 e. The first kappa shape index (κ1) is 18.3. The number of nitrogens with zero attached hydrogens (tertiary/aromatic N) is 1. The van der Waals surface area contributed by atoms with E-state index in [4.69, 9.17) is 0 Å². The standard InChI is InChI=1S/C29H23NO/c31-29-12-11-25(20-5-2-1-3-6-20)26-16-24(17-27(26)29)22-13-14-30-28(18-22)23-10-9-19-7-4-8-21(19)15-23/h1-6,8-10,13-15,17-18,25H,7,11-12,16H2. The molecule has 0 amide bonds. The number of hydrogen-bond donors (Lipinski definition) is 0. The molecule has 0 radical (unpaired) electrons. The molecule has 1 heterocycles. The highest BCUT2D eigenvalue weighted by Crippen LogP contribution is 2.46. The lowest BCUT2D eigenvalue weighted by Crippen LogP contribution is -2.15. The average Bonchev–Trinajstić information content (AvgIpc) is 3.47. The van der Waals surface area contributed by atoms with Crippen molar-refractivity contribution in [2.45, 2.75) is 31.6 Å². The van der Waals surface area contributed by atoms with Crippen molar-refractivity contribution in [2.24, 2.45) is 0 Å². The van der Waals surface area contributed by atoms with Gasteiger partial charge in [0.25, 0.3) is 0 Å². The molecule has 31 heavy (non-hydrogen) atoms. The molecule has 1 unspecified atom stereocenters. The average molecular weight is 402 g/mol. The molecular formula is C29H23NO. The van der Waals surface area contributed by atoms with Crippen LogP contribution in [0.15, 0.2) is 90.2 Å². The van der Waals surface area contributed by atoms with E-state index in [1.54, 1.807) is 0 Å². The van der Waals surface area contributed by atoms with Gasteiger partial charge in [-0.05, 0) is 76.9 Å². The van der Waals surface area contributed by atoms with Crippen molar-refractivity contribution < 1.29 is 4.79 Å². The topological polar surface area (TPSA) is 30.0 Å². The Bertz CT molecular complexity index is 1290. The van der Waals surface area contributed by atoms with E-state index in [0.717, 1.165) is 41.7 Å². The molecule has 150 valence electrons. The van der Waals surface area contributed by atoms with E-state index in [-0.39, 0.29) is 5.78 Å². The van der Waals surface area contributed by atoms with E-state index in [1.165, 1.54) is 27.8 Å². The Hall–Kier alpha value is -3.52. The van der Waals surface area contributed by atoms with Crippen molar-refractivity contribution in [2.75, 3.05) is 0 Å². The number of Topliss-reactive ketones (excluding diaryl/α,β-unsaturated/α-hetero) is 1. The molecule has 3 aliphatic carbocycles. The number of aromatic nitrogens is 1. The first-order chi connectivity index (χ1) is 15.3. The Morgan fingerprint density at radius 1 is 0.935 bits per heavy atom. The molecule has 0 bridgehead atoms. The van der Waals surface area contributed by atoms with Crippen LogP contribution in [0.3, 0.4) is 0 Å². The van der Waals surface area contributed by atoms with Gasteiger partial charge in [0.1, 0.15) is 0 Å². The molecule has 0 saturated heterocycles. The first-order valence-corrected chi connectivity index (χ1v) is 11.0. The van der Waals surface area contributed by atoms with Gasteiger partial charge in [0.15, 0.2) is 5.78 Å². The predicted octanol–water partition coefficient (Wildman–Crippen LogP) is 6.55. The number of fused-ring (bicyclic) bond motifs is 1. The van der Waals surface area contributed by atoms with Gasteiger partial charge in [-0.2, -0.15) is 0 Å². The number of ketones is 1. The molecule has 0 fully saturated rings. The van der Waals surface area contributed by atoms with E-state index < -0.39 is 0 Å². The van der Waals surface area contributed by atoms with Crippen molar-refractivity contribution >= 4 is 17.4 Å². The molecule has 6 rings (SSSR count). The van der Waals surface area contributed by atoms with Gasteiger partial charge in [0.2, 0.25) is 0 Å². The number of benzene rings is 2. The van der Waals surface area contributed by atoms with Crippen LogP contribution in [0.25, 0.3) is 22.9 Å². The SMILES string of the molecule is O=C1CCC(c2ccccc2)C2=C1C=C(c1ccnc(-c3ccc4c(c3)C=CC4)c1)C2. The fraction of sp³-hybridized carbons (Fsp3) is 0.172. The molecule has 0 saturated carbocycles. The van der Waals surface area contributed by atoms with Crippen molar-refractivity contribution in [3.8, 4) is 11.3 Å². The third-order valence-electron chi connectivity index (χ3n) is 6.84. The summed E-state index contributed by atoms with van der Waals surface area (Å²) in [6, 6.07) is 21.5. The Labute approximate surface area is 182 Å². The predicted molar refractivity (Wildman–Crippen MR) is 125 cm³/mol. The Morgan fingerprint density at radius 2 is 1.84 bits per heavy atom. The second-order valence-corrected chi connectivity index (χ2v) is 8.66. The van der Waals surface area contributed by atoms with Crippen LogP contribution in [0.4, 0.5) is 0 Å². The molecule has 3 aliphatic rings. The summed E-state index contributed by atoms with van der Waals surface area (Å²) in [4.78, 5) is 17.3. The molecule has 0 spiro atoms. The van der Waals surface area contributed by atoms with Crippen molar-refractivity contribution in [1.82, 2.24) is 4.98 Å². The van der Waals surface area contributed by atoms with Gasteiger partial charge in [0, 0.05) is 29.7 Å². The summed E-state index contributed by atoms with van der Waals surface area (Å²) in [5.74, 6) is 0.629. The van der Waals surface area contributed by atoms with Gasteiger partial charge in [-0.1, -0.05) is 54.6 Å². The van der Waals surface area contributed by atoms with Gasteiger partial charge < -0.3 is 0 Å². The van der Waals surface area contributed by atoms with Crippen LogP contribution in [-0.4, -0.2) is 10.8 Å². The number of carbonyl (C=O) groups excluding carboxylic acids is 1. The number of pyridine rings is 1. The first-order valence-electron chi connectivity index (χ1n) is 11.0. The molecule has 2 nitrogen and oxygen atoms in total. The lowest BCUT2D eigenvalue weighted by Gasteiger charge is -2.25. The van der Waals surface area contributed by atoms with Gasteiger partial charge >= 0.3 is 0 Å². The van der Waals surface area contributed by atoms with E-state index >= 15 is 0 Å². The summed E-state index contributed by atoms with van der Waals surface area (Å²) in [6.07, 6.45) is 11.8. The second-order valence-electron chi connectivity index (χ2n) is 8.66. The Morgan fingerprint density at radius 3 is 2.74 bits per heavy atom. The highest BCUT2D eigenvalue weighted by atomic mass is 16.1. The number of allylic oxidation sites excluding steroid dienone is 5. The number of rotatable bonds is 3. The monoisotopic (exact) mass is 401 g/mol. The summed E-state index contributed by atoms with van der Waals surface area (Å²) in [6.45, 7) is 0. The van der Waals surface area contributed by atoms with E-state index in [2.05, 4.69) is 83.9 Å². The van der Waals surface area contributed by atoms with Crippen LogP contribution in [0.5, 0.6) is 0 Å². The molecule has 2 aromatic carbocycles. The lowest BCUT2D eigenvalue weighted by atomic mass is 9.78. The quantitative estimate of drug-likeness (QED) is 0.498. The molecular weight excluding hydrogens is 378 g/mol. The van der Waals surface area contributed by atoms with E-state index in [9.17, 15) is 4.79 Å². The highest BCUT2D eigenvalue weighted by molar-refractivity contribution is 6.04. The van der Waals surface area contributed by atoms with Gasteiger partial charge in [-0.15, -0.1) is 0 Å². The normalized spacial score (nSPS) is 19.4. The minimum atomic E-state index is 0.289. The largest absolute Gasteiger partial charge is 0.294 e. The van der Waals surface area contributed by atoms with Gasteiger partial charge in [-0.25, -0.2) is 0 Å². The van der Waals surface area contributed by atoms with Crippen molar-refractivity contribution in [3.05, 3.63) is 112 Å². The summed E-state index contributed by atoms with van der Waals surface area (Å²) in [5.41, 5.74) is 10.7. The van der Waals surface area contributed by atoms with Crippen LogP contribution in [-0.2, 0) is 11.2 Å². The van der Waals surface area contributed by atoms with Crippen LogP contribution in [0.2, 0.25) is 0 Å². The van der Waals surface area contributed by atoms with Crippen LogP contribution >= 0.6 is 0 Å². The lowest BCUT2D eigenvalue weighted by molar-refractivity contribution is -0.115. The maximum Gasteiger partial charge on any atom is 0.162 e. The Kier molecular flexibility index (Phi) is 4.31. The maximum atomic E-state index is 12.7. The minimum Gasteiger partial charge on any atom is -0.294 e. The van der Waals surface area contributed by atoms with E-state index in [1.807, 2.05) is 6.20 Å². The molecule has 3 aromatic rings. The summed E-state index contributed by atoms with van der Waals surface area (Å²) >= 11 is 0. The molecule has 1 atom stereocenters. The zero-order chi connectivity index (χ0) is 20.8. The third-order valence-corrected chi connectivity index (χ3v) is 6.84. The molecule has 1 aromatic heterocycles. The molecule has 0 N–H and O–H groups in total. The van der Waals surface area contributed by atoms with Crippen molar-refractivity contribution in [1.29, 1.82) is 0 Å². The fourth-order valence-corrected chi connectivity index (χ4v) is 5.21. The van der Waals surface area contributed by atoms with Crippen LogP contribution < -0.4 is 0 Å². The zero-order valence-corrected chi connectivity index (χ0v) is 17.3. The minimum absolute atomic E-state index is 0.289. The second kappa shape index (κ2) is 7.31. The molecule has 2 heteroatoms.